The second-order valence-corrected chi connectivity index (χ2v) is 9.13. The fourth-order valence-electron chi connectivity index (χ4n) is 5.19. The molecule has 3 aliphatic rings. The third-order valence-electron chi connectivity index (χ3n) is 7.35. The van der Waals surface area contributed by atoms with Crippen LogP contribution < -0.4 is 4.74 Å². The fraction of sp³-hybridized carbons (Fsp3) is 0.522. The van der Waals surface area contributed by atoms with E-state index in [-0.39, 0.29) is 18.5 Å². The minimum atomic E-state index is -0.739. The second-order valence-electron chi connectivity index (χ2n) is 9.13. The molecule has 34 heavy (non-hydrogen) atoms. The number of ether oxygens (including phenoxy) is 2. The summed E-state index contributed by atoms with van der Waals surface area (Å²) < 4.78 is 12.1. The van der Waals surface area contributed by atoms with E-state index in [9.17, 15) is 14.7 Å². The normalized spacial score (nSPS) is 21.4. The van der Waals surface area contributed by atoms with Crippen LogP contribution in [0, 0.1) is 5.41 Å². The standard InChI is InChI=1S/C23H28N6O5/c1-15-18(13-34-21(15)31)28-10-7-23(22(28)32)5-8-27(9-6-23)12-19(30)17-4-3-16(11-20(17)33-2)29-14-24-25-26-29/h3-4,11,14,19,30H,5-10,12-13H2,1-2H3/t19-/m1/s1. The molecule has 2 saturated heterocycles. The zero-order chi connectivity index (χ0) is 23.9. The number of esters is 1. The number of hydrogen-bond acceptors (Lipinski definition) is 9. The van der Waals surface area contributed by atoms with E-state index in [4.69, 9.17) is 9.47 Å². The Hall–Kier alpha value is -3.31. The minimum absolute atomic E-state index is 0.0974. The van der Waals surface area contributed by atoms with Gasteiger partial charge in [0.2, 0.25) is 5.91 Å². The molecule has 3 aliphatic heterocycles. The first kappa shape index (κ1) is 22.5. The number of aliphatic hydroxyl groups excluding tert-OH is 1. The molecular weight excluding hydrogens is 440 g/mol. The van der Waals surface area contributed by atoms with Crippen LogP contribution in [0.2, 0.25) is 0 Å². The van der Waals surface area contributed by atoms with Gasteiger partial charge in [0.15, 0.2) is 0 Å². The number of benzene rings is 1. The van der Waals surface area contributed by atoms with Crippen molar-refractivity contribution < 1.29 is 24.2 Å². The quantitative estimate of drug-likeness (QED) is 0.615. The number of cyclic esters (lactones) is 1. The lowest BCUT2D eigenvalue weighted by molar-refractivity contribution is -0.138. The molecule has 11 heteroatoms. The average molecular weight is 469 g/mol. The number of aliphatic hydroxyl groups is 1. The van der Waals surface area contributed by atoms with Gasteiger partial charge in [-0.3, -0.25) is 4.79 Å². The number of carbonyl (C=O) groups is 2. The third-order valence-corrected chi connectivity index (χ3v) is 7.35. The zero-order valence-electron chi connectivity index (χ0n) is 19.3. The van der Waals surface area contributed by atoms with E-state index in [1.165, 1.54) is 11.0 Å². The summed E-state index contributed by atoms with van der Waals surface area (Å²) in [5.74, 6) is 0.321. The van der Waals surface area contributed by atoms with Gasteiger partial charge < -0.3 is 24.4 Å². The van der Waals surface area contributed by atoms with E-state index in [0.717, 1.165) is 38.0 Å². The number of amides is 1. The van der Waals surface area contributed by atoms with Gasteiger partial charge in [0.1, 0.15) is 18.7 Å². The Bertz CT molecular complexity index is 1120. The molecule has 180 valence electrons. The number of carbonyl (C=O) groups excluding carboxylic acids is 2. The molecule has 1 amide bonds. The molecule has 4 heterocycles. The first-order valence-electron chi connectivity index (χ1n) is 11.4. The lowest BCUT2D eigenvalue weighted by Gasteiger charge is -2.38. The van der Waals surface area contributed by atoms with E-state index < -0.39 is 11.5 Å². The molecule has 5 rings (SSSR count). The first-order valence-corrected chi connectivity index (χ1v) is 11.4. The Balaban J connectivity index is 1.22. The van der Waals surface area contributed by atoms with Crippen LogP contribution >= 0.6 is 0 Å². The van der Waals surface area contributed by atoms with Gasteiger partial charge in [-0.15, -0.1) is 5.10 Å². The summed E-state index contributed by atoms with van der Waals surface area (Å²) in [6.45, 7) is 4.40. The van der Waals surface area contributed by atoms with Crippen molar-refractivity contribution in [2.24, 2.45) is 5.41 Å². The number of tetrazole rings is 1. The number of nitrogens with zero attached hydrogens (tertiary/aromatic N) is 6. The van der Waals surface area contributed by atoms with Crippen molar-refractivity contribution in [1.82, 2.24) is 30.0 Å². The van der Waals surface area contributed by atoms with Crippen LogP contribution in [-0.2, 0) is 14.3 Å². The van der Waals surface area contributed by atoms with E-state index in [0.29, 0.717) is 35.7 Å². The van der Waals surface area contributed by atoms with Gasteiger partial charge in [0, 0.05) is 24.7 Å². The smallest absolute Gasteiger partial charge is 0.336 e. The van der Waals surface area contributed by atoms with Crippen LogP contribution in [0.25, 0.3) is 5.69 Å². The monoisotopic (exact) mass is 468 g/mol. The molecule has 2 fully saturated rings. The maximum absolute atomic E-state index is 13.3. The molecule has 1 aromatic heterocycles. The van der Waals surface area contributed by atoms with Gasteiger partial charge in [-0.25, -0.2) is 9.48 Å². The SMILES string of the molecule is COc1cc(-n2cnnn2)ccc1[C@H](O)CN1CCC2(CC1)CCN(C1=C(C)C(=O)OC1)C2=O. The predicted octanol–water partition coefficient (Wildman–Crippen LogP) is 0.850. The number of aromatic nitrogens is 4. The minimum Gasteiger partial charge on any atom is -0.496 e. The summed E-state index contributed by atoms with van der Waals surface area (Å²) in [5, 5.41) is 22.1. The zero-order valence-corrected chi connectivity index (χ0v) is 19.3. The molecule has 0 bridgehead atoms. The number of piperidine rings is 1. The van der Waals surface area contributed by atoms with Crippen LogP contribution in [0.15, 0.2) is 35.8 Å². The highest BCUT2D eigenvalue weighted by atomic mass is 16.5. The van der Waals surface area contributed by atoms with Crippen molar-refractivity contribution in [3.05, 3.63) is 41.4 Å². The third kappa shape index (κ3) is 3.84. The Morgan fingerprint density at radius 2 is 1.97 bits per heavy atom. The number of hydrogen-bond donors (Lipinski definition) is 1. The summed E-state index contributed by atoms with van der Waals surface area (Å²) >= 11 is 0. The maximum atomic E-state index is 13.3. The molecule has 0 unspecified atom stereocenters. The van der Waals surface area contributed by atoms with Crippen molar-refractivity contribution in [3.63, 3.8) is 0 Å². The number of β-amino-alcohol motifs (C(OH)–C–C–N with tert-alkyl or cyclic N) is 1. The van der Waals surface area contributed by atoms with Gasteiger partial charge in [-0.05, 0) is 55.8 Å². The average Bonchev–Trinajstić information content (AvgIpc) is 3.57. The van der Waals surface area contributed by atoms with Crippen LogP contribution in [0.3, 0.4) is 0 Å². The van der Waals surface area contributed by atoms with Crippen LogP contribution in [-0.4, -0.2) is 86.9 Å². The molecule has 1 atom stereocenters. The van der Waals surface area contributed by atoms with Gasteiger partial charge >= 0.3 is 5.97 Å². The summed E-state index contributed by atoms with van der Waals surface area (Å²) in [6, 6.07) is 5.45. The highest BCUT2D eigenvalue weighted by Crippen LogP contribution is 2.44. The van der Waals surface area contributed by atoms with Crippen molar-refractivity contribution in [2.75, 3.05) is 39.9 Å². The molecule has 1 N–H and O–H groups in total. The van der Waals surface area contributed by atoms with E-state index >= 15 is 0 Å². The molecule has 0 aliphatic carbocycles. The molecule has 11 nitrogen and oxygen atoms in total. The van der Waals surface area contributed by atoms with Crippen molar-refractivity contribution >= 4 is 11.9 Å². The molecule has 0 radical (unpaired) electrons. The summed E-state index contributed by atoms with van der Waals surface area (Å²) in [6.07, 6.45) is 2.99. The Kier molecular flexibility index (Phi) is 5.82. The Morgan fingerprint density at radius 1 is 1.21 bits per heavy atom. The largest absolute Gasteiger partial charge is 0.496 e. The molecule has 2 aromatic rings. The van der Waals surface area contributed by atoms with Gasteiger partial charge in [-0.2, -0.15) is 0 Å². The highest BCUT2D eigenvalue weighted by Gasteiger charge is 2.50. The number of likely N-dealkylation sites (tertiary alicyclic amines) is 2. The Labute approximate surface area is 196 Å². The highest BCUT2D eigenvalue weighted by molar-refractivity contribution is 5.94. The van der Waals surface area contributed by atoms with Crippen LogP contribution in [0.1, 0.15) is 37.9 Å². The molecular formula is C23H28N6O5. The topological polar surface area (TPSA) is 123 Å². The number of rotatable bonds is 6. The Morgan fingerprint density at radius 3 is 2.62 bits per heavy atom. The van der Waals surface area contributed by atoms with Gasteiger partial charge in [-0.1, -0.05) is 6.07 Å². The van der Waals surface area contributed by atoms with Crippen LogP contribution in [0.5, 0.6) is 5.75 Å². The summed E-state index contributed by atoms with van der Waals surface area (Å²) in [7, 11) is 1.57. The number of methoxy groups -OCH3 is 1. The maximum Gasteiger partial charge on any atom is 0.336 e. The van der Waals surface area contributed by atoms with Gasteiger partial charge in [0.25, 0.3) is 0 Å². The molecule has 1 aromatic carbocycles. The lowest BCUT2D eigenvalue weighted by Crippen LogP contribution is -2.45. The van der Waals surface area contributed by atoms with E-state index in [1.54, 1.807) is 25.0 Å². The van der Waals surface area contributed by atoms with E-state index in [2.05, 4.69) is 20.4 Å². The lowest BCUT2D eigenvalue weighted by atomic mass is 9.77. The predicted molar refractivity (Wildman–Crippen MR) is 119 cm³/mol. The second kappa shape index (κ2) is 8.80. The summed E-state index contributed by atoms with van der Waals surface area (Å²) in [4.78, 5) is 29.0. The first-order chi connectivity index (χ1) is 16.4. The summed E-state index contributed by atoms with van der Waals surface area (Å²) in [5.41, 5.74) is 2.27. The van der Waals surface area contributed by atoms with Crippen molar-refractivity contribution in [1.29, 1.82) is 0 Å². The molecule has 1 spiro atoms. The van der Waals surface area contributed by atoms with Crippen molar-refractivity contribution in [2.45, 2.75) is 32.3 Å². The van der Waals surface area contributed by atoms with E-state index in [1.807, 2.05) is 12.1 Å². The molecule has 0 saturated carbocycles. The fourth-order valence-corrected chi connectivity index (χ4v) is 5.19. The van der Waals surface area contributed by atoms with Crippen LogP contribution in [0.4, 0.5) is 0 Å². The van der Waals surface area contributed by atoms with Crippen molar-refractivity contribution in [3.8, 4) is 11.4 Å². The van der Waals surface area contributed by atoms with Gasteiger partial charge in [0.05, 0.1) is 35.6 Å².